The van der Waals surface area contributed by atoms with Crippen molar-refractivity contribution < 1.29 is 9.18 Å². The third-order valence-electron chi connectivity index (χ3n) is 1.55. The summed E-state index contributed by atoms with van der Waals surface area (Å²) < 4.78 is 13.1. The van der Waals surface area contributed by atoms with Gasteiger partial charge in [-0.25, -0.2) is 4.39 Å². The Kier molecular flexibility index (Phi) is 4.35. The molecule has 1 amide bonds. The number of para-hydroxylation sites is 1. The predicted octanol–water partition coefficient (Wildman–Crippen LogP) is 3.20. The third kappa shape index (κ3) is 2.96. The Hall–Kier alpha value is -0.610. The first kappa shape index (κ1) is 11.5. The second-order valence-electron chi connectivity index (χ2n) is 2.58. The monoisotopic (exact) mass is 279 g/mol. The summed E-state index contributed by atoms with van der Waals surface area (Å²) in [4.78, 5) is 11.2. The number of hydrogen-bond acceptors (Lipinski definition) is 1. The van der Waals surface area contributed by atoms with Crippen molar-refractivity contribution in [1.29, 1.82) is 0 Å². The molecule has 0 aliphatic rings. The van der Waals surface area contributed by atoms with Crippen molar-refractivity contribution in [2.75, 3.05) is 10.6 Å². The van der Waals surface area contributed by atoms with Crippen LogP contribution in [0.1, 0.15) is 6.42 Å². The number of halogens is 3. The van der Waals surface area contributed by atoms with E-state index in [2.05, 4.69) is 21.2 Å². The van der Waals surface area contributed by atoms with Gasteiger partial charge in [-0.1, -0.05) is 33.6 Å². The molecule has 0 unspecified atom stereocenters. The van der Waals surface area contributed by atoms with Gasteiger partial charge >= 0.3 is 0 Å². The molecule has 2 nitrogen and oxygen atoms in total. The second-order valence-corrected chi connectivity index (χ2v) is 3.78. The average Bonchev–Trinajstić information content (AvgIpc) is 2.12. The number of hydrogen-bond donors (Lipinski definition) is 1. The van der Waals surface area contributed by atoms with Crippen molar-refractivity contribution >= 4 is 39.1 Å². The Morgan fingerprint density at radius 3 is 2.86 bits per heavy atom. The Balaban J connectivity index is 2.80. The fourth-order valence-corrected chi connectivity index (χ4v) is 1.48. The summed E-state index contributed by atoms with van der Waals surface area (Å²) in [7, 11) is 0. The fraction of sp³-hybridized carbons (Fsp3) is 0.222. The normalized spacial score (nSPS) is 9.93. The van der Waals surface area contributed by atoms with Crippen LogP contribution in [0.4, 0.5) is 10.1 Å². The van der Waals surface area contributed by atoms with Crippen molar-refractivity contribution in [2.24, 2.45) is 0 Å². The van der Waals surface area contributed by atoms with E-state index < -0.39 is 5.82 Å². The molecule has 0 atom stereocenters. The van der Waals surface area contributed by atoms with Crippen molar-refractivity contribution in [2.45, 2.75) is 6.42 Å². The number of rotatable bonds is 3. The van der Waals surface area contributed by atoms with Crippen LogP contribution in [0, 0.1) is 5.82 Å². The van der Waals surface area contributed by atoms with Gasteiger partial charge in [-0.05, 0) is 12.1 Å². The third-order valence-corrected chi connectivity index (χ3v) is 2.26. The van der Waals surface area contributed by atoms with E-state index in [0.717, 1.165) is 0 Å². The summed E-state index contributed by atoms with van der Waals surface area (Å²) in [6.07, 6.45) is 0.282. The maximum absolute atomic E-state index is 13.1. The standard InChI is InChI=1S/C9H8BrClFNO/c10-5-4-8(14)13-9-6(11)2-1-3-7(9)12/h1-3H,4-5H2,(H,13,14). The molecule has 0 heterocycles. The highest BCUT2D eigenvalue weighted by Gasteiger charge is 2.09. The molecule has 0 radical (unpaired) electrons. The van der Waals surface area contributed by atoms with Crippen LogP contribution in [-0.2, 0) is 4.79 Å². The smallest absolute Gasteiger partial charge is 0.225 e. The summed E-state index contributed by atoms with van der Waals surface area (Å²) in [6, 6.07) is 4.25. The molecule has 0 spiro atoms. The number of alkyl halides is 1. The Bertz CT molecular complexity index is 325. The van der Waals surface area contributed by atoms with Gasteiger partial charge in [0.25, 0.3) is 0 Å². The lowest BCUT2D eigenvalue weighted by atomic mass is 10.3. The SMILES string of the molecule is O=C(CCBr)Nc1c(F)cccc1Cl. The first-order valence-corrected chi connectivity index (χ1v) is 5.45. The molecule has 0 fully saturated rings. The first-order valence-electron chi connectivity index (χ1n) is 3.95. The maximum Gasteiger partial charge on any atom is 0.225 e. The topological polar surface area (TPSA) is 29.1 Å². The molecule has 0 aliphatic heterocycles. The van der Waals surface area contributed by atoms with Crippen molar-refractivity contribution in [1.82, 2.24) is 0 Å². The molecule has 0 saturated carbocycles. The summed E-state index contributed by atoms with van der Waals surface area (Å²) in [5, 5.41) is 3.14. The predicted molar refractivity (Wildman–Crippen MR) is 58.5 cm³/mol. The molecule has 1 N–H and O–H groups in total. The molecular weight excluding hydrogens is 272 g/mol. The molecular formula is C9H8BrClFNO. The van der Waals surface area contributed by atoms with Crippen LogP contribution in [0.2, 0.25) is 5.02 Å². The largest absolute Gasteiger partial charge is 0.322 e. The zero-order chi connectivity index (χ0) is 10.6. The highest BCUT2D eigenvalue weighted by atomic mass is 79.9. The van der Waals surface area contributed by atoms with E-state index in [0.29, 0.717) is 5.33 Å². The maximum atomic E-state index is 13.1. The molecule has 1 aromatic rings. The second kappa shape index (κ2) is 5.32. The quantitative estimate of drug-likeness (QED) is 0.847. The van der Waals surface area contributed by atoms with E-state index in [1.165, 1.54) is 18.2 Å². The van der Waals surface area contributed by atoms with Crippen LogP contribution in [0.25, 0.3) is 0 Å². The minimum atomic E-state index is -0.527. The van der Waals surface area contributed by atoms with E-state index >= 15 is 0 Å². The number of benzene rings is 1. The molecule has 0 aromatic heterocycles. The van der Waals surface area contributed by atoms with Gasteiger partial charge in [0.1, 0.15) is 5.82 Å². The molecule has 0 saturated heterocycles. The van der Waals surface area contributed by atoms with Crippen LogP contribution in [0.15, 0.2) is 18.2 Å². The van der Waals surface area contributed by atoms with Gasteiger partial charge in [0.05, 0.1) is 10.7 Å². The van der Waals surface area contributed by atoms with Crippen LogP contribution in [0.5, 0.6) is 0 Å². The zero-order valence-corrected chi connectivity index (χ0v) is 9.53. The van der Waals surface area contributed by atoms with Crippen LogP contribution in [-0.4, -0.2) is 11.2 Å². The highest BCUT2D eigenvalue weighted by Crippen LogP contribution is 2.24. The highest BCUT2D eigenvalue weighted by molar-refractivity contribution is 9.09. The summed E-state index contributed by atoms with van der Waals surface area (Å²) in [6.45, 7) is 0. The van der Waals surface area contributed by atoms with Gasteiger partial charge in [-0.2, -0.15) is 0 Å². The molecule has 5 heteroatoms. The number of amides is 1. The lowest BCUT2D eigenvalue weighted by Crippen LogP contribution is -2.13. The number of carbonyl (C=O) groups excluding carboxylic acids is 1. The lowest BCUT2D eigenvalue weighted by molar-refractivity contribution is -0.115. The Labute approximate surface area is 94.6 Å². The van der Waals surface area contributed by atoms with Crippen LogP contribution >= 0.6 is 27.5 Å². The minimum absolute atomic E-state index is 0.0418. The molecule has 0 bridgehead atoms. The van der Waals surface area contributed by atoms with Gasteiger partial charge in [-0.15, -0.1) is 0 Å². The van der Waals surface area contributed by atoms with Gasteiger partial charge < -0.3 is 5.32 Å². The lowest BCUT2D eigenvalue weighted by Gasteiger charge is -2.06. The van der Waals surface area contributed by atoms with Gasteiger partial charge in [-0.3, -0.25) is 4.79 Å². The molecule has 76 valence electrons. The van der Waals surface area contributed by atoms with Crippen molar-refractivity contribution in [3.8, 4) is 0 Å². The van der Waals surface area contributed by atoms with E-state index in [9.17, 15) is 9.18 Å². The van der Waals surface area contributed by atoms with Gasteiger partial charge in [0.2, 0.25) is 5.91 Å². The molecule has 0 aliphatic carbocycles. The summed E-state index contributed by atoms with van der Waals surface area (Å²) in [5.74, 6) is -0.797. The van der Waals surface area contributed by atoms with Crippen molar-refractivity contribution in [3.05, 3.63) is 29.0 Å². The number of carbonyl (C=O) groups is 1. The Morgan fingerprint density at radius 2 is 2.29 bits per heavy atom. The van der Waals surface area contributed by atoms with E-state index in [1.807, 2.05) is 0 Å². The number of anilines is 1. The van der Waals surface area contributed by atoms with Gasteiger partial charge in [0, 0.05) is 11.8 Å². The molecule has 1 rings (SSSR count). The Morgan fingerprint density at radius 1 is 1.57 bits per heavy atom. The van der Waals surface area contributed by atoms with E-state index in [-0.39, 0.29) is 23.0 Å². The van der Waals surface area contributed by atoms with Gasteiger partial charge in [0.15, 0.2) is 0 Å². The molecule has 1 aromatic carbocycles. The van der Waals surface area contributed by atoms with E-state index in [1.54, 1.807) is 0 Å². The van der Waals surface area contributed by atoms with Crippen molar-refractivity contribution in [3.63, 3.8) is 0 Å². The summed E-state index contributed by atoms with van der Waals surface area (Å²) in [5.41, 5.74) is 0.0418. The zero-order valence-electron chi connectivity index (χ0n) is 7.19. The number of nitrogens with one attached hydrogen (secondary N) is 1. The van der Waals surface area contributed by atoms with E-state index in [4.69, 9.17) is 11.6 Å². The summed E-state index contributed by atoms with van der Waals surface area (Å²) >= 11 is 8.82. The van der Waals surface area contributed by atoms with Crippen LogP contribution in [0.3, 0.4) is 0 Å². The minimum Gasteiger partial charge on any atom is -0.322 e. The molecule has 14 heavy (non-hydrogen) atoms. The van der Waals surface area contributed by atoms with Crippen LogP contribution < -0.4 is 5.32 Å². The average molecular weight is 281 g/mol. The first-order chi connectivity index (χ1) is 6.65. The fourth-order valence-electron chi connectivity index (χ4n) is 0.905.